The summed E-state index contributed by atoms with van der Waals surface area (Å²) in [6.45, 7) is 3.65. The van der Waals surface area contributed by atoms with Gasteiger partial charge in [0.15, 0.2) is 11.5 Å². The van der Waals surface area contributed by atoms with E-state index in [1.165, 1.54) is 7.11 Å². The van der Waals surface area contributed by atoms with Crippen LogP contribution in [0.15, 0.2) is 48.7 Å². The van der Waals surface area contributed by atoms with Crippen LogP contribution in [-0.2, 0) is 15.0 Å². The monoisotopic (exact) mass is 396 g/mol. The number of hydroxylamine groups is 1. The zero-order valence-electron chi connectivity index (χ0n) is 17.1. The molecule has 1 N–H and O–H groups in total. The van der Waals surface area contributed by atoms with E-state index in [2.05, 4.69) is 10.5 Å². The number of fused-ring (bicyclic) bond motifs is 1. The van der Waals surface area contributed by atoms with E-state index in [-0.39, 0.29) is 5.91 Å². The third kappa shape index (κ3) is 4.09. The minimum Gasteiger partial charge on any atom is -0.493 e. The molecule has 0 aliphatic carbocycles. The Morgan fingerprint density at radius 1 is 0.931 bits per heavy atom. The maximum atomic E-state index is 12.2. The van der Waals surface area contributed by atoms with E-state index in [4.69, 9.17) is 19.0 Å². The van der Waals surface area contributed by atoms with Crippen LogP contribution in [0.5, 0.6) is 23.0 Å². The number of rotatable bonds is 7. The molecule has 29 heavy (non-hydrogen) atoms. The Labute approximate surface area is 169 Å². The summed E-state index contributed by atoms with van der Waals surface area (Å²) in [5.74, 6) is 2.25. The molecule has 0 saturated heterocycles. The van der Waals surface area contributed by atoms with Crippen molar-refractivity contribution in [3.05, 3.63) is 54.2 Å². The van der Waals surface area contributed by atoms with Gasteiger partial charge in [-0.25, -0.2) is 5.48 Å². The van der Waals surface area contributed by atoms with Gasteiger partial charge >= 0.3 is 0 Å². The lowest BCUT2D eigenvalue weighted by Gasteiger charge is -2.23. The molecule has 0 aliphatic rings. The number of benzene rings is 2. The van der Waals surface area contributed by atoms with Gasteiger partial charge < -0.3 is 14.2 Å². The number of nitrogens with one attached hydrogen (secondary N) is 1. The summed E-state index contributed by atoms with van der Waals surface area (Å²) in [6, 6.07) is 12.8. The van der Waals surface area contributed by atoms with Crippen molar-refractivity contribution in [3.63, 3.8) is 0 Å². The fraction of sp³-hybridized carbons (Fsp3) is 0.273. The van der Waals surface area contributed by atoms with Gasteiger partial charge in [0.1, 0.15) is 11.5 Å². The molecule has 152 valence electrons. The highest BCUT2D eigenvalue weighted by atomic mass is 16.6. The molecular formula is C22H24N2O5. The van der Waals surface area contributed by atoms with Crippen molar-refractivity contribution in [2.45, 2.75) is 19.3 Å². The fourth-order valence-corrected chi connectivity index (χ4v) is 2.95. The molecule has 1 amide bonds. The number of ether oxygens (including phenoxy) is 3. The van der Waals surface area contributed by atoms with Crippen LogP contribution in [0, 0.1) is 0 Å². The first kappa shape index (κ1) is 20.4. The number of carbonyl (C=O) groups excluding carboxylic acids is 1. The SMILES string of the molecule is CONC(=O)C(C)(C)c1ccc(Oc2ccnc3cc(OC)c(OC)cc23)cc1. The van der Waals surface area contributed by atoms with Gasteiger partial charge in [-0.1, -0.05) is 12.1 Å². The maximum Gasteiger partial charge on any atom is 0.253 e. The molecule has 1 heterocycles. The van der Waals surface area contributed by atoms with Gasteiger partial charge in [0.25, 0.3) is 5.91 Å². The van der Waals surface area contributed by atoms with E-state index in [0.29, 0.717) is 23.0 Å². The largest absolute Gasteiger partial charge is 0.493 e. The van der Waals surface area contributed by atoms with Crippen LogP contribution in [0.4, 0.5) is 0 Å². The van der Waals surface area contributed by atoms with Crippen LogP contribution < -0.4 is 19.7 Å². The van der Waals surface area contributed by atoms with Crippen LogP contribution in [0.2, 0.25) is 0 Å². The number of hydrogen-bond acceptors (Lipinski definition) is 6. The molecule has 0 aliphatic heterocycles. The van der Waals surface area contributed by atoms with Gasteiger partial charge in [-0.05, 0) is 43.7 Å². The molecule has 3 aromatic rings. The van der Waals surface area contributed by atoms with Gasteiger partial charge in [-0.2, -0.15) is 0 Å². The number of nitrogens with zero attached hydrogens (tertiary/aromatic N) is 1. The molecule has 0 fully saturated rings. The maximum absolute atomic E-state index is 12.2. The van der Waals surface area contributed by atoms with Crippen molar-refractivity contribution in [3.8, 4) is 23.0 Å². The van der Waals surface area contributed by atoms with Gasteiger partial charge in [0.05, 0.1) is 32.3 Å². The Kier molecular flexibility index (Phi) is 5.89. The number of methoxy groups -OCH3 is 2. The molecule has 0 atom stereocenters. The number of hydrogen-bond donors (Lipinski definition) is 1. The molecule has 2 aromatic carbocycles. The average molecular weight is 396 g/mol. The number of aromatic nitrogens is 1. The topological polar surface area (TPSA) is 78.9 Å². The summed E-state index contributed by atoms with van der Waals surface area (Å²) in [5, 5.41) is 0.800. The van der Waals surface area contributed by atoms with Crippen molar-refractivity contribution in [2.24, 2.45) is 0 Å². The van der Waals surface area contributed by atoms with Crippen molar-refractivity contribution in [2.75, 3.05) is 21.3 Å². The Hall–Kier alpha value is -3.32. The average Bonchev–Trinajstić information content (AvgIpc) is 2.73. The smallest absolute Gasteiger partial charge is 0.253 e. The van der Waals surface area contributed by atoms with Crippen LogP contribution in [0.25, 0.3) is 10.9 Å². The second kappa shape index (κ2) is 8.36. The normalized spacial score (nSPS) is 11.2. The van der Waals surface area contributed by atoms with Gasteiger partial charge in [0, 0.05) is 17.6 Å². The molecule has 0 bridgehead atoms. The zero-order valence-corrected chi connectivity index (χ0v) is 17.1. The quantitative estimate of drug-likeness (QED) is 0.608. The first-order valence-electron chi connectivity index (χ1n) is 9.03. The highest BCUT2D eigenvalue weighted by molar-refractivity contribution is 5.88. The van der Waals surface area contributed by atoms with E-state index in [0.717, 1.165) is 16.5 Å². The highest BCUT2D eigenvalue weighted by Gasteiger charge is 2.29. The third-order valence-corrected chi connectivity index (χ3v) is 4.77. The van der Waals surface area contributed by atoms with E-state index in [9.17, 15) is 4.79 Å². The summed E-state index contributed by atoms with van der Waals surface area (Å²) in [6.07, 6.45) is 1.68. The van der Waals surface area contributed by atoms with Crippen molar-refractivity contribution in [1.29, 1.82) is 0 Å². The van der Waals surface area contributed by atoms with Crippen molar-refractivity contribution >= 4 is 16.8 Å². The minimum atomic E-state index is -0.748. The predicted molar refractivity (Wildman–Crippen MR) is 110 cm³/mol. The number of pyridine rings is 1. The summed E-state index contributed by atoms with van der Waals surface area (Å²) >= 11 is 0. The second-order valence-corrected chi connectivity index (χ2v) is 6.92. The summed E-state index contributed by atoms with van der Waals surface area (Å²) in [4.78, 5) is 21.3. The molecule has 0 spiro atoms. The molecular weight excluding hydrogens is 372 g/mol. The minimum absolute atomic E-state index is 0.227. The van der Waals surface area contributed by atoms with Crippen LogP contribution in [0.1, 0.15) is 19.4 Å². The molecule has 7 heteroatoms. The van der Waals surface area contributed by atoms with Gasteiger partial charge in [-0.15, -0.1) is 0 Å². The van der Waals surface area contributed by atoms with E-state index in [1.807, 2.05) is 44.2 Å². The van der Waals surface area contributed by atoms with Crippen molar-refractivity contribution in [1.82, 2.24) is 10.5 Å². The Balaban J connectivity index is 1.90. The summed E-state index contributed by atoms with van der Waals surface area (Å²) in [7, 11) is 4.58. The number of amides is 1. The highest BCUT2D eigenvalue weighted by Crippen LogP contribution is 2.37. The summed E-state index contributed by atoms with van der Waals surface area (Å²) < 4.78 is 16.8. The molecule has 0 radical (unpaired) electrons. The Bertz CT molecular complexity index is 1020. The first-order valence-corrected chi connectivity index (χ1v) is 9.03. The lowest BCUT2D eigenvalue weighted by molar-refractivity contribution is -0.136. The van der Waals surface area contributed by atoms with E-state index in [1.54, 1.807) is 32.5 Å². The third-order valence-electron chi connectivity index (χ3n) is 4.77. The van der Waals surface area contributed by atoms with Crippen molar-refractivity contribution < 1.29 is 23.8 Å². The van der Waals surface area contributed by atoms with Crippen LogP contribution in [-0.4, -0.2) is 32.2 Å². The van der Waals surface area contributed by atoms with E-state index >= 15 is 0 Å². The van der Waals surface area contributed by atoms with Gasteiger partial charge in [0.2, 0.25) is 0 Å². The first-order chi connectivity index (χ1) is 13.9. The zero-order chi connectivity index (χ0) is 21.0. The summed E-state index contributed by atoms with van der Waals surface area (Å²) in [5.41, 5.74) is 3.20. The molecule has 0 unspecified atom stereocenters. The lowest BCUT2D eigenvalue weighted by atomic mass is 9.84. The Morgan fingerprint density at radius 3 is 2.21 bits per heavy atom. The Morgan fingerprint density at radius 2 is 1.59 bits per heavy atom. The second-order valence-electron chi connectivity index (χ2n) is 6.92. The van der Waals surface area contributed by atoms with E-state index < -0.39 is 5.41 Å². The fourth-order valence-electron chi connectivity index (χ4n) is 2.95. The lowest BCUT2D eigenvalue weighted by Crippen LogP contribution is -2.39. The molecule has 1 aromatic heterocycles. The molecule has 3 rings (SSSR count). The predicted octanol–water partition coefficient (Wildman–Crippen LogP) is 4.00. The van der Waals surface area contributed by atoms with Gasteiger partial charge in [-0.3, -0.25) is 14.6 Å². The molecule has 0 saturated carbocycles. The standard InChI is InChI=1S/C22H24N2O5/c1-22(2,21(25)24-28-5)14-6-8-15(9-7-14)29-18-10-11-23-17-13-20(27-4)19(26-3)12-16(17)18/h6-13H,1-5H3,(H,24,25). The molecule has 7 nitrogen and oxygen atoms in total. The van der Waals surface area contributed by atoms with Crippen LogP contribution in [0.3, 0.4) is 0 Å². The number of carbonyl (C=O) groups is 1. The van der Waals surface area contributed by atoms with Crippen LogP contribution >= 0.6 is 0 Å².